The molecule has 1 radical (unpaired) electrons. The van der Waals surface area contributed by atoms with E-state index in [-0.39, 0.29) is 0 Å². The highest BCUT2D eigenvalue weighted by Gasteiger charge is 2.11. The van der Waals surface area contributed by atoms with Crippen molar-refractivity contribution in [3.05, 3.63) is 72.6 Å². The second kappa shape index (κ2) is 5.89. The van der Waals surface area contributed by atoms with Gasteiger partial charge in [-0.15, -0.1) is 0 Å². The molecule has 4 rings (SSSR count). The van der Waals surface area contributed by atoms with Crippen molar-refractivity contribution in [3.8, 4) is 17.3 Å². The molecule has 3 aromatic heterocycles. The molecule has 0 bridgehead atoms. The summed E-state index contributed by atoms with van der Waals surface area (Å²) in [6.07, 6.45) is 5.00. The molecule has 4 aromatic rings. The van der Waals surface area contributed by atoms with E-state index in [1.807, 2.05) is 28.8 Å². The highest BCUT2D eigenvalue weighted by molar-refractivity contribution is 5.70. The first-order valence-electron chi connectivity index (χ1n) is 7.33. The molecule has 6 heteroatoms. The minimum absolute atomic E-state index is 0.436. The lowest BCUT2D eigenvalue weighted by molar-refractivity contribution is 0.757. The number of hydrogen-bond acceptors (Lipinski definition) is 5. The van der Waals surface area contributed by atoms with Crippen LogP contribution in [0.1, 0.15) is 11.4 Å². The Morgan fingerprint density at radius 2 is 2.00 bits per heavy atom. The summed E-state index contributed by atoms with van der Waals surface area (Å²) in [5, 5.41) is 9.31. The molecule has 6 nitrogen and oxygen atoms in total. The molecule has 113 valence electrons. The molecule has 0 saturated heterocycles. The van der Waals surface area contributed by atoms with Gasteiger partial charge in [-0.2, -0.15) is 5.26 Å². The fraction of sp³-hybridized carbons (Fsp3) is 0.0556. The lowest BCUT2D eigenvalue weighted by Crippen LogP contribution is -2.06. The summed E-state index contributed by atoms with van der Waals surface area (Å²) in [4.78, 5) is 17.5. The fourth-order valence-corrected chi connectivity index (χ4v) is 2.51. The molecule has 0 saturated carbocycles. The lowest BCUT2D eigenvalue weighted by atomic mass is 10.1. The first-order chi connectivity index (χ1) is 11.8. The van der Waals surface area contributed by atoms with Gasteiger partial charge in [0.15, 0.2) is 5.65 Å². The number of pyridine rings is 1. The van der Waals surface area contributed by atoms with E-state index in [1.165, 1.54) is 0 Å². The van der Waals surface area contributed by atoms with Crippen molar-refractivity contribution < 1.29 is 0 Å². The molecule has 0 amide bonds. The highest BCUT2D eigenvalue weighted by atomic mass is 15.1. The predicted molar refractivity (Wildman–Crippen MR) is 87.6 cm³/mol. The molecule has 3 heterocycles. The quantitative estimate of drug-likeness (QED) is 0.581. The minimum Gasteiger partial charge on any atom is -0.308 e. The van der Waals surface area contributed by atoms with Gasteiger partial charge in [-0.1, -0.05) is 24.3 Å². The van der Waals surface area contributed by atoms with Crippen molar-refractivity contribution in [2.75, 3.05) is 0 Å². The summed E-state index contributed by atoms with van der Waals surface area (Å²) in [7, 11) is 0. The lowest BCUT2D eigenvalue weighted by Gasteiger charge is -2.07. The number of nitriles is 1. The third-order valence-electron chi connectivity index (χ3n) is 3.64. The molecular weight excluding hydrogens is 300 g/mol. The third kappa shape index (κ3) is 2.48. The van der Waals surface area contributed by atoms with Gasteiger partial charge < -0.3 is 4.57 Å². The number of nitrogens with zero attached hydrogens (tertiary/aromatic N) is 6. The number of benzene rings is 1. The van der Waals surface area contributed by atoms with E-state index in [1.54, 1.807) is 30.9 Å². The predicted octanol–water partition coefficient (Wildman–Crippen LogP) is 2.61. The molecule has 1 aromatic carbocycles. The zero-order chi connectivity index (χ0) is 16.4. The number of rotatable bonds is 3. The van der Waals surface area contributed by atoms with Crippen molar-refractivity contribution >= 4 is 11.2 Å². The first kappa shape index (κ1) is 14.0. The Bertz CT molecular complexity index is 1050. The molecule has 0 aliphatic rings. The Kier molecular flexibility index (Phi) is 3.45. The van der Waals surface area contributed by atoms with Gasteiger partial charge in [-0.25, -0.2) is 19.9 Å². The molecule has 0 spiro atoms. The van der Waals surface area contributed by atoms with Crippen LogP contribution in [0.5, 0.6) is 0 Å². The van der Waals surface area contributed by atoms with Gasteiger partial charge >= 0.3 is 0 Å². The van der Waals surface area contributed by atoms with Crippen LogP contribution in [-0.4, -0.2) is 24.5 Å². The van der Waals surface area contributed by atoms with E-state index in [0.29, 0.717) is 23.6 Å². The van der Waals surface area contributed by atoms with Crippen LogP contribution < -0.4 is 0 Å². The standard InChI is InChI=1S/C18H11N6/c19-9-14-10-21-16(23-17(14)13-5-2-1-3-6-13)11-24-12-22-15-7-4-8-20-18(15)24/h2-8,10,12H,11H2. The van der Waals surface area contributed by atoms with Crippen LogP contribution in [-0.2, 0) is 6.54 Å². The van der Waals surface area contributed by atoms with Crippen LogP contribution in [0.4, 0.5) is 0 Å². The van der Waals surface area contributed by atoms with E-state index >= 15 is 0 Å². The summed E-state index contributed by atoms with van der Waals surface area (Å²) in [5.41, 5.74) is 3.53. The summed E-state index contributed by atoms with van der Waals surface area (Å²) in [6.45, 7) is 0.436. The molecule has 0 N–H and O–H groups in total. The summed E-state index contributed by atoms with van der Waals surface area (Å²) in [6, 6.07) is 16.2. The Balaban J connectivity index is 1.76. The molecule has 0 unspecified atom stereocenters. The number of fused-ring (bicyclic) bond motifs is 1. The van der Waals surface area contributed by atoms with E-state index in [4.69, 9.17) is 0 Å². The second-order valence-electron chi connectivity index (χ2n) is 5.17. The molecule has 0 aliphatic carbocycles. The van der Waals surface area contributed by atoms with Gasteiger partial charge in [-0.05, 0) is 18.2 Å². The van der Waals surface area contributed by atoms with Crippen LogP contribution in [0.2, 0.25) is 0 Å². The van der Waals surface area contributed by atoms with Crippen molar-refractivity contribution in [2.24, 2.45) is 0 Å². The van der Waals surface area contributed by atoms with Gasteiger partial charge in [0.05, 0.1) is 24.1 Å². The minimum atomic E-state index is 0.436. The summed E-state index contributed by atoms with van der Waals surface area (Å²) < 4.78 is 1.89. The summed E-state index contributed by atoms with van der Waals surface area (Å²) in [5.74, 6) is 0.599. The van der Waals surface area contributed by atoms with Gasteiger partial charge in [0.25, 0.3) is 0 Å². The monoisotopic (exact) mass is 311 g/mol. The normalized spacial score (nSPS) is 10.6. The Hall–Kier alpha value is -3.59. The maximum absolute atomic E-state index is 9.31. The van der Waals surface area contributed by atoms with Crippen LogP contribution in [0.15, 0.2) is 55.1 Å². The molecule has 24 heavy (non-hydrogen) atoms. The van der Waals surface area contributed by atoms with E-state index in [9.17, 15) is 5.26 Å². The smallest absolute Gasteiger partial charge is 0.160 e. The number of hydrogen-bond donors (Lipinski definition) is 0. The number of imidazole rings is 1. The maximum Gasteiger partial charge on any atom is 0.160 e. The van der Waals surface area contributed by atoms with Crippen molar-refractivity contribution in [2.45, 2.75) is 6.54 Å². The summed E-state index contributed by atoms with van der Waals surface area (Å²) >= 11 is 0. The van der Waals surface area contributed by atoms with Crippen LogP contribution >= 0.6 is 0 Å². The van der Waals surface area contributed by atoms with Crippen LogP contribution in [0.25, 0.3) is 22.4 Å². The van der Waals surface area contributed by atoms with Gasteiger partial charge in [0.2, 0.25) is 0 Å². The van der Waals surface area contributed by atoms with Gasteiger partial charge in [-0.3, -0.25) is 0 Å². The SMILES string of the molecule is N#Cc1cnc(Cn2cnc3cccnc32)nc1-c1cc[c]cc1. The molecule has 0 fully saturated rings. The highest BCUT2D eigenvalue weighted by Crippen LogP contribution is 2.20. The molecule has 0 atom stereocenters. The van der Waals surface area contributed by atoms with E-state index in [2.05, 4.69) is 32.1 Å². The topological polar surface area (TPSA) is 80.3 Å². The first-order valence-corrected chi connectivity index (χ1v) is 7.33. The maximum atomic E-state index is 9.31. The van der Waals surface area contributed by atoms with Crippen molar-refractivity contribution in [1.82, 2.24) is 24.5 Å². The van der Waals surface area contributed by atoms with E-state index in [0.717, 1.165) is 16.7 Å². The van der Waals surface area contributed by atoms with Crippen LogP contribution in [0.3, 0.4) is 0 Å². The second-order valence-corrected chi connectivity index (χ2v) is 5.17. The molecule has 0 aliphatic heterocycles. The third-order valence-corrected chi connectivity index (χ3v) is 3.64. The Morgan fingerprint density at radius 3 is 2.83 bits per heavy atom. The average molecular weight is 311 g/mol. The average Bonchev–Trinajstić information content (AvgIpc) is 3.05. The van der Waals surface area contributed by atoms with Crippen molar-refractivity contribution in [1.29, 1.82) is 5.26 Å². The van der Waals surface area contributed by atoms with Crippen molar-refractivity contribution in [3.63, 3.8) is 0 Å². The number of aromatic nitrogens is 5. The molecular formula is C18H11N6. The van der Waals surface area contributed by atoms with Crippen LogP contribution in [0, 0.1) is 17.4 Å². The zero-order valence-electron chi connectivity index (χ0n) is 12.6. The fourth-order valence-electron chi connectivity index (χ4n) is 2.51. The van der Waals surface area contributed by atoms with Gasteiger partial charge in [0, 0.05) is 18.0 Å². The zero-order valence-corrected chi connectivity index (χ0v) is 12.6. The Morgan fingerprint density at radius 1 is 1.12 bits per heavy atom. The largest absolute Gasteiger partial charge is 0.308 e. The van der Waals surface area contributed by atoms with Gasteiger partial charge in [0.1, 0.15) is 17.4 Å². The Labute approximate surface area is 138 Å². The van der Waals surface area contributed by atoms with E-state index < -0.39 is 0 Å².